The lowest BCUT2D eigenvalue weighted by atomic mass is 10.2. The molecule has 1 aromatic heterocycles. The van der Waals surface area contributed by atoms with Crippen LogP contribution in [0.15, 0.2) is 23.2 Å². The molecule has 1 amide bonds. The lowest BCUT2D eigenvalue weighted by Crippen LogP contribution is -2.38. The molecule has 8 heteroatoms. The zero-order valence-electron chi connectivity index (χ0n) is 11.3. The van der Waals surface area contributed by atoms with Crippen molar-refractivity contribution in [1.29, 1.82) is 5.26 Å². The summed E-state index contributed by atoms with van der Waals surface area (Å²) in [6, 6.07) is 4.37. The minimum Gasteiger partial charge on any atom is -0.355 e. The lowest BCUT2D eigenvalue weighted by Gasteiger charge is -2.09. The molecule has 0 aliphatic rings. The third-order valence-electron chi connectivity index (χ3n) is 2.30. The Hall–Kier alpha value is -1.98. The number of hydrogen-bond donors (Lipinski definition) is 2. The highest BCUT2D eigenvalue weighted by Gasteiger charge is 2.19. The molecular formula is C12H16N4O3S. The zero-order valence-corrected chi connectivity index (χ0v) is 12.1. The first-order valence-corrected chi connectivity index (χ1v) is 7.46. The summed E-state index contributed by atoms with van der Waals surface area (Å²) >= 11 is 0. The van der Waals surface area contributed by atoms with E-state index in [1.807, 2.05) is 13.8 Å². The largest absolute Gasteiger partial charge is 0.355 e. The van der Waals surface area contributed by atoms with Crippen LogP contribution in [0, 0.1) is 17.2 Å². The van der Waals surface area contributed by atoms with Crippen molar-refractivity contribution in [3.8, 4) is 6.07 Å². The Kier molecular flexibility index (Phi) is 5.61. The van der Waals surface area contributed by atoms with E-state index < -0.39 is 15.9 Å². The Morgan fingerprint density at radius 2 is 2.20 bits per heavy atom. The normalized spacial score (nSPS) is 11.1. The molecule has 0 atom stereocenters. The number of pyridine rings is 1. The number of amides is 1. The van der Waals surface area contributed by atoms with E-state index in [1.165, 1.54) is 18.3 Å². The van der Waals surface area contributed by atoms with E-state index in [4.69, 9.17) is 5.26 Å². The third-order valence-corrected chi connectivity index (χ3v) is 3.73. The summed E-state index contributed by atoms with van der Waals surface area (Å²) in [7, 11) is -3.93. The molecule has 0 aliphatic heterocycles. The maximum absolute atomic E-state index is 12.0. The fourth-order valence-electron chi connectivity index (χ4n) is 1.31. The zero-order chi connectivity index (χ0) is 15.2. The molecule has 0 unspecified atom stereocenters. The second kappa shape index (κ2) is 6.98. The molecule has 1 rings (SSSR count). The number of nitrogens with zero attached hydrogens (tertiary/aromatic N) is 2. The van der Waals surface area contributed by atoms with Gasteiger partial charge in [-0.3, -0.25) is 4.79 Å². The third kappa shape index (κ3) is 4.60. The topological polar surface area (TPSA) is 112 Å². The summed E-state index contributed by atoms with van der Waals surface area (Å²) in [6.45, 7) is 3.95. The van der Waals surface area contributed by atoms with Crippen LogP contribution in [0.5, 0.6) is 0 Å². The number of hydrogen-bond acceptors (Lipinski definition) is 5. The van der Waals surface area contributed by atoms with Crippen molar-refractivity contribution in [3.63, 3.8) is 0 Å². The molecule has 7 nitrogen and oxygen atoms in total. The van der Waals surface area contributed by atoms with Gasteiger partial charge < -0.3 is 5.32 Å². The van der Waals surface area contributed by atoms with Gasteiger partial charge in [0.15, 0.2) is 5.69 Å². The van der Waals surface area contributed by atoms with E-state index in [2.05, 4.69) is 15.0 Å². The maximum atomic E-state index is 12.0. The van der Waals surface area contributed by atoms with Crippen molar-refractivity contribution in [2.75, 3.05) is 13.1 Å². The molecule has 0 fully saturated rings. The van der Waals surface area contributed by atoms with Crippen LogP contribution in [0.1, 0.15) is 19.5 Å². The van der Waals surface area contributed by atoms with Crippen LogP contribution in [0.25, 0.3) is 0 Å². The van der Waals surface area contributed by atoms with Gasteiger partial charge >= 0.3 is 0 Å². The number of carbonyl (C=O) groups is 1. The van der Waals surface area contributed by atoms with E-state index in [9.17, 15) is 13.2 Å². The minimum absolute atomic E-state index is 0.206. The Morgan fingerprint density at radius 1 is 1.50 bits per heavy atom. The van der Waals surface area contributed by atoms with E-state index >= 15 is 0 Å². The molecule has 1 heterocycles. The summed E-state index contributed by atoms with van der Waals surface area (Å²) in [5.74, 6) is -0.149. The molecule has 20 heavy (non-hydrogen) atoms. The highest BCUT2D eigenvalue weighted by atomic mass is 32.2. The van der Waals surface area contributed by atoms with Gasteiger partial charge in [0.05, 0.1) is 6.54 Å². The molecule has 0 bridgehead atoms. The van der Waals surface area contributed by atoms with Crippen LogP contribution in [0.2, 0.25) is 0 Å². The number of nitrogens with one attached hydrogen (secondary N) is 2. The number of nitriles is 1. The van der Waals surface area contributed by atoms with E-state index in [0.717, 1.165) is 0 Å². The number of sulfonamides is 1. The van der Waals surface area contributed by atoms with E-state index in [-0.39, 0.29) is 23.1 Å². The summed E-state index contributed by atoms with van der Waals surface area (Å²) in [4.78, 5) is 14.9. The first kappa shape index (κ1) is 16.1. The maximum Gasteiger partial charge on any atom is 0.243 e. The second-order valence-corrected chi connectivity index (χ2v) is 6.22. The smallest absolute Gasteiger partial charge is 0.243 e. The minimum atomic E-state index is -3.93. The molecule has 1 aromatic rings. The van der Waals surface area contributed by atoms with Gasteiger partial charge in [-0.05, 0) is 18.1 Å². The summed E-state index contributed by atoms with van der Waals surface area (Å²) in [6.07, 6.45) is 1.33. The molecule has 2 N–H and O–H groups in total. The van der Waals surface area contributed by atoms with Gasteiger partial charge in [-0.2, -0.15) is 5.26 Å². The van der Waals surface area contributed by atoms with Gasteiger partial charge in [-0.25, -0.2) is 18.1 Å². The van der Waals surface area contributed by atoms with Crippen molar-refractivity contribution in [3.05, 3.63) is 24.0 Å². The van der Waals surface area contributed by atoms with Crippen molar-refractivity contribution < 1.29 is 13.2 Å². The van der Waals surface area contributed by atoms with Crippen molar-refractivity contribution in [2.45, 2.75) is 18.7 Å². The lowest BCUT2D eigenvalue weighted by molar-refractivity contribution is -0.120. The van der Waals surface area contributed by atoms with Crippen molar-refractivity contribution in [1.82, 2.24) is 15.0 Å². The molecule has 0 saturated carbocycles. The fourth-order valence-corrected chi connectivity index (χ4v) is 2.40. The highest BCUT2D eigenvalue weighted by Crippen LogP contribution is 2.11. The van der Waals surface area contributed by atoms with Crippen LogP contribution in [0.3, 0.4) is 0 Å². The quantitative estimate of drug-likeness (QED) is 0.767. The number of rotatable bonds is 6. The van der Waals surface area contributed by atoms with Crippen LogP contribution in [-0.4, -0.2) is 32.4 Å². The van der Waals surface area contributed by atoms with Crippen LogP contribution >= 0.6 is 0 Å². The molecule has 0 aromatic carbocycles. The molecule has 108 valence electrons. The van der Waals surface area contributed by atoms with Gasteiger partial charge in [-0.1, -0.05) is 13.8 Å². The van der Waals surface area contributed by atoms with E-state index in [0.29, 0.717) is 6.54 Å². The fraction of sp³-hybridized carbons (Fsp3) is 0.417. The van der Waals surface area contributed by atoms with Crippen LogP contribution < -0.4 is 10.0 Å². The van der Waals surface area contributed by atoms with Gasteiger partial charge in [-0.15, -0.1) is 0 Å². The summed E-state index contributed by atoms with van der Waals surface area (Å²) in [5, 5.41) is 11.4. The molecular weight excluding hydrogens is 280 g/mol. The van der Waals surface area contributed by atoms with Gasteiger partial charge in [0.2, 0.25) is 15.9 Å². The molecule has 0 saturated heterocycles. The summed E-state index contributed by atoms with van der Waals surface area (Å²) in [5.41, 5.74) is -0.206. The van der Waals surface area contributed by atoms with Gasteiger partial charge in [0.25, 0.3) is 0 Å². The Balaban J connectivity index is 2.72. The Bertz CT molecular complexity index is 620. The Labute approximate surface area is 118 Å². The predicted octanol–water partition coefficient (Wildman–Crippen LogP) is 0.00378. The molecule has 0 spiro atoms. The van der Waals surface area contributed by atoms with Crippen LogP contribution in [0.4, 0.5) is 0 Å². The molecule has 0 aliphatic carbocycles. The second-order valence-electron chi connectivity index (χ2n) is 4.48. The first-order valence-electron chi connectivity index (χ1n) is 5.98. The molecule has 0 radical (unpaired) electrons. The van der Waals surface area contributed by atoms with Crippen molar-refractivity contribution in [2.24, 2.45) is 5.92 Å². The van der Waals surface area contributed by atoms with Gasteiger partial charge in [0.1, 0.15) is 11.0 Å². The average Bonchev–Trinajstić information content (AvgIpc) is 2.43. The average molecular weight is 296 g/mol. The van der Waals surface area contributed by atoms with Crippen molar-refractivity contribution >= 4 is 15.9 Å². The van der Waals surface area contributed by atoms with E-state index in [1.54, 1.807) is 6.07 Å². The van der Waals surface area contributed by atoms with Crippen LogP contribution in [-0.2, 0) is 14.8 Å². The highest BCUT2D eigenvalue weighted by molar-refractivity contribution is 7.89. The SMILES string of the molecule is CC(C)CNC(=O)CNS(=O)(=O)c1cccnc1C#N. The monoisotopic (exact) mass is 296 g/mol. The number of aromatic nitrogens is 1. The predicted molar refractivity (Wildman–Crippen MR) is 72.0 cm³/mol. The van der Waals surface area contributed by atoms with Gasteiger partial charge in [0, 0.05) is 12.7 Å². The summed E-state index contributed by atoms with van der Waals surface area (Å²) < 4.78 is 26.1. The standard InChI is InChI=1S/C12H16N4O3S/c1-9(2)7-15-12(17)8-16-20(18,19)11-4-3-5-14-10(11)6-13/h3-5,9,16H,7-8H2,1-2H3,(H,15,17). The Morgan fingerprint density at radius 3 is 2.80 bits per heavy atom. The number of carbonyl (C=O) groups excluding carboxylic acids is 1. The first-order chi connectivity index (χ1) is 9.36.